The molecule has 0 aliphatic carbocycles. The quantitative estimate of drug-likeness (QED) is 0.707. The molecule has 1 rings (SSSR count). The van der Waals surface area contributed by atoms with Gasteiger partial charge in [-0.3, -0.25) is 0 Å². The molecular weight excluding hydrogens is 184 g/mol. The Morgan fingerprint density at radius 3 is 2.36 bits per heavy atom. The van der Waals surface area contributed by atoms with E-state index in [-0.39, 0.29) is 11.5 Å². The molecule has 3 heteroatoms. The van der Waals surface area contributed by atoms with Gasteiger partial charge in [0.15, 0.2) is 0 Å². The minimum Gasteiger partial charge on any atom is -0.205 e. The van der Waals surface area contributed by atoms with Gasteiger partial charge in [0.2, 0.25) is 0 Å². The van der Waals surface area contributed by atoms with Crippen LogP contribution in [0, 0.1) is 11.3 Å². The summed E-state index contributed by atoms with van der Waals surface area (Å²) in [6.07, 6.45) is -2.51. The zero-order chi connectivity index (χ0) is 10.7. The molecule has 0 atom stereocenters. The monoisotopic (exact) mass is 195 g/mol. The normalized spacial score (nSPS) is 10.6. The zero-order valence-corrected chi connectivity index (χ0v) is 8.09. The van der Waals surface area contributed by atoms with Crippen molar-refractivity contribution in [3.8, 4) is 6.07 Å². The fraction of sp³-hybridized carbons (Fsp3) is 0.364. The first-order chi connectivity index (χ1) is 6.56. The Bertz CT molecular complexity index is 364. The van der Waals surface area contributed by atoms with Gasteiger partial charge in [0.1, 0.15) is 0 Å². The third-order valence-electron chi connectivity index (χ3n) is 2.07. The van der Waals surface area contributed by atoms with E-state index in [1.807, 2.05) is 19.9 Å². The summed E-state index contributed by atoms with van der Waals surface area (Å²) in [5.41, 5.74) is 1.07. The van der Waals surface area contributed by atoms with Crippen LogP contribution in [-0.4, -0.2) is 0 Å². The summed E-state index contributed by atoms with van der Waals surface area (Å²) in [5, 5.41) is 8.78. The summed E-state index contributed by atoms with van der Waals surface area (Å²) in [7, 11) is 0. The first-order valence-electron chi connectivity index (χ1n) is 4.38. The summed E-state index contributed by atoms with van der Waals surface area (Å²) in [4.78, 5) is 0. The number of hydrogen-bond acceptors (Lipinski definition) is 1. The van der Waals surface area contributed by atoms with Crippen LogP contribution < -0.4 is 0 Å². The van der Waals surface area contributed by atoms with Crippen molar-refractivity contribution in [2.24, 2.45) is 0 Å². The fourth-order valence-electron chi connectivity index (χ4n) is 1.31. The van der Waals surface area contributed by atoms with Crippen molar-refractivity contribution in [3.63, 3.8) is 0 Å². The number of rotatable bonds is 2. The van der Waals surface area contributed by atoms with Crippen molar-refractivity contribution in [1.82, 2.24) is 0 Å². The van der Waals surface area contributed by atoms with Gasteiger partial charge < -0.3 is 0 Å². The Hall–Kier alpha value is -1.43. The van der Waals surface area contributed by atoms with Crippen LogP contribution in [0.25, 0.3) is 0 Å². The van der Waals surface area contributed by atoms with Crippen molar-refractivity contribution >= 4 is 0 Å². The molecule has 14 heavy (non-hydrogen) atoms. The lowest BCUT2D eigenvalue weighted by Gasteiger charge is -2.09. The van der Waals surface area contributed by atoms with E-state index in [9.17, 15) is 8.78 Å². The SMILES string of the molecule is CC(C)c1ccc(C(F)F)cc1C#N. The summed E-state index contributed by atoms with van der Waals surface area (Å²) < 4.78 is 24.6. The van der Waals surface area contributed by atoms with Crippen molar-refractivity contribution in [2.45, 2.75) is 26.2 Å². The first-order valence-corrected chi connectivity index (χ1v) is 4.38. The van der Waals surface area contributed by atoms with Crippen LogP contribution in [0.4, 0.5) is 8.78 Å². The molecule has 0 unspecified atom stereocenters. The molecule has 0 spiro atoms. The van der Waals surface area contributed by atoms with E-state index in [2.05, 4.69) is 0 Å². The molecule has 0 aliphatic rings. The van der Waals surface area contributed by atoms with Crippen molar-refractivity contribution in [3.05, 3.63) is 34.9 Å². The van der Waals surface area contributed by atoms with Crippen LogP contribution in [0.1, 0.15) is 42.9 Å². The van der Waals surface area contributed by atoms with E-state index < -0.39 is 6.43 Å². The van der Waals surface area contributed by atoms with Crippen molar-refractivity contribution in [1.29, 1.82) is 5.26 Å². The Balaban J connectivity index is 3.20. The van der Waals surface area contributed by atoms with E-state index in [0.717, 1.165) is 5.56 Å². The van der Waals surface area contributed by atoms with Gasteiger partial charge in [-0.15, -0.1) is 0 Å². The van der Waals surface area contributed by atoms with E-state index >= 15 is 0 Å². The highest BCUT2D eigenvalue weighted by Crippen LogP contribution is 2.25. The Kier molecular flexibility index (Phi) is 3.19. The lowest BCUT2D eigenvalue weighted by Crippen LogP contribution is -1.95. The second-order valence-corrected chi connectivity index (χ2v) is 3.41. The molecule has 74 valence electrons. The van der Waals surface area contributed by atoms with Crippen LogP contribution in [0.5, 0.6) is 0 Å². The molecular formula is C11H11F2N. The lowest BCUT2D eigenvalue weighted by atomic mass is 9.96. The van der Waals surface area contributed by atoms with Crippen LogP contribution in [0.15, 0.2) is 18.2 Å². The average molecular weight is 195 g/mol. The molecule has 0 amide bonds. The van der Waals surface area contributed by atoms with Crippen molar-refractivity contribution in [2.75, 3.05) is 0 Å². The Labute approximate surface area is 82.0 Å². The van der Waals surface area contributed by atoms with E-state index in [1.165, 1.54) is 12.1 Å². The first kappa shape index (κ1) is 10.6. The highest BCUT2D eigenvalue weighted by atomic mass is 19.3. The van der Waals surface area contributed by atoms with Crippen LogP contribution in [0.2, 0.25) is 0 Å². The summed E-state index contributed by atoms with van der Waals surface area (Å²) in [5.74, 6) is 0.177. The van der Waals surface area contributed by atoms with Gasteiger partial charge in [0, 0.05) is 5.56 Å². The second kappa shape index (κ2) is 4.19. The summed E-state index contributed by atoms with van der Waals surface area (Å²) in [6.45, 7) is 3.86. The van der Waals surface area contributed by atoms with Gasteiger partial charge in [-0.25, -0.2) is 8.78 Å². The highest BCUT2D eigenvalue weighted by molar-refractivity contribution is 5.42. The van der Waals surface area contributed by atoms with Gasteiger partial charge in [-0.1, -0.05) is 26.0 Å². The summed E-state index contributed by atoms with van der Waals surface area (Å²) >= 11 is 0. The highest BCUT2D eigenvalue weighted by Gasteiger charge is 2.11. The van der Waals surface area contributed by atoms with E-state index in [1.54, 1.807) is 6.07 Å². The van der Waals surface area contributed by atoms with Crippen LogP contribution in [0.3, 0.4) is 0 Å². The third kappa shape index (κ3) is 2.08. The zero-order valence-electron chi connectivity index (χ0n) is 8.09. The van der Waals surface area contributed by atoms with Crippen molar-refractivity contribution < 1.29 is 8.78 Å². The molecule has 0 aromatic heterocycles. The lowest BCUT2D eigenvalue weighted by molar-refractivity contribution is 0.151. The number of nitriles is 1. The third-order valence-corrected chi connectivity index (χ3v) is 2.07. The molecule has 0 saturated heterocycles. The fourth-order valence-corrected chi connectivity index (χ4v) is 1.31. The Morgan fingerprint density at radius 1 is 1.29 bits per heavy atom. The number of alkyl halides is 2. The maximum Gasteiger partial charge on any atom is 0.263 e. The average Bonchev–Trinajstić information content (AvgIpc) is 2.16. The van der Waals surface area contributed by atoms with E-state index in [4.69, 9.17) is 5.26 Å². The van der Waals surface area contributed by atoms with Crippen LogP contribution in [-0.2, 0) is 0 Å². The number of hydrogen-bond donors (Lipinski definition) is 0. The summed E-state index contributed by atoms with van der Waals surface area (Å²) in [6, 6.07) is 6.18. The standard InChI is InChI=1S/C11H11F2N/c1-7(2)10-4-3-8(11(12)13)5-9(10)6-14/h3-5,7,11H,1-2H3. The number of nitrogens with zero attached hydrogens (tertiary/aromatic N) is 1. The predicted molar refractivity (Wildman–Crippen MR) is 50.2 cm³/mol. The van der Waals surface area contributed by atoms with Crippen LogP contribution >= 0.6 is 0 Å². The number of halogens is 2. The molecule has 0 aliphatic heterocycles. The topological polar surface area (TPSA) is 23.8 Å². The molecule has 1 aromatic rings. The maximum absolute atomic E-state index is 12.3. The van der Waals surface area contributed by atoms with Gasteiger partial charge in [0.05, 0.1) is 11.6 Å². The molecule has 1 aromatic carbocycles. The minimum absolute atomic E-state index is 0.0917. The maximum atomic E-state index is 12.3. The molecule has 0 bridgehead atoms. The second-order valence-electron chi connectivity index (χ2n) is 3.41. The smallest absolute Gasteiger partial charge is 0.205 e. The van der Waals surface area contributed by atoms with Gasteiger partial charge in [0.25, 0.3) is 6.43 Å². The molecule has 0 radical (unpaired) electrons. The molecule has 1 nitrogen and oxygen atoms in total. The number of benzene rings is 1. The van der Waals surface area contributed by atoms with Gasteiger partial charge >= 0.3 is 0 Å². The molecule has 0 heterocycles. The Morgan fingerprint density at radius 2 is 1.93 bits per heavy atom. The van der Waals surface area contributed by atoms with E-state index in [0.29, 0.717) is 5.56 Å². The van der Waals surface area contributed by atoms with Gasteiger partial charge in [-0.05, 0) is 17.5 Å². The minimum atomic E-state index is -2.51. The molecule has 0 N–H and O–H groups in total. The van der Waals surface area contributed by atoms with Gasteiger partial charge in [-0.2, -0.15) is 5.26 Å². The largest absolute Gasteiger partial charge is 0.263 e. The molecule has 0 fully saturated rings. The molecule has 0 saturated carbocycles. The predicted octanol–water partition coefficient (Wildman–Crippen LogP) is 3.62.